The molecule has 2 rings (SSSR count). The first kappa shape index (κ1) is 23.5. The monoisotopic (exact) mass is 401 g/mol. The van der Waals surface area contributed by atoms with Gasteiger partial charge in [-0.2, -0.15) is 0 Å². The van der Waals surface area contributed by atoms with Gasteiger partial charge in [0.2, 0.25) is 0 Å². The molecule has 1 N–H and O–H groups in total. The van der Waals surface area contributed by atoms with Gasteiger partial charge in [-0.25, -0.2) is 4.39 Å². The molecule has 0 unspecified atom stereocenters. The van der Waals surface area contributed by atoms with Crippen molar-refractivity contribution in [3.8, 4) is 11.1 Å². The first-order chi connectivity index (χ1) is 14.0. The third-order valence-corrected chi connectivity index (χ3v) is 5.29. The van der Waals surface area contributed by atoms with Gasteiger partial charge in [0.25, 0.3) is 0 Å². The standard InChI is InChI=1S/C25H36FNO2/c1-5-7-8-10-21-23(11-9-16-29-6-2)27-25(18(3)4)22(17-28)24(21)19-12-14-20(26)15-13-19/h12-15,18,28H,5-11,16-17H2,1-4H3. The minimum atomic E-state index is -0.248. The first-order valence-electron chi connectivity index (χ1n) is 11.0. The van der Waals surface area contributed by atoms with E-state index in [0.29, 0.717) is 0 Å². The van der Waals surface area contributed by atoms with Crippen LogP contribution >= 0.6 is 0 Å². The van der Waals surface area contributed by atoms with Gasteiger partial charge >= 0.3 is 0 Å². The molecule has 0 amide bonds. The molecule has 160 valence electrons. The largest absolute Gasteiger partial charge is 0.392 e. The van der Waals surface area contributed by atoms with Crippen LogP contribution in [0.3, 0.4) is 0 Å². The first-order valence-corrected chi connectivity index (χ1v) is 11.0. The molecule has 1 aromatic carbocycles. The molecule has 0 bridgehead atoms. The van der Waals surface area contributed by atoms with E-state index in [2.05, 4.69) is 20.8 Å². The van der Waals surface area contributed by atoms with E-state index in [9.17, 15) is 9.50 Å². The summed E-state index contributed by atoms with van der Waals surface area (Å²) in [7, 11) is 0. The van der Waals surface area contributed by atoms with Gasteiger partial charge in [0.05, 0.1) is 6.61 Å². The van der Waals surface area contributed by atoms with Crippen LogP contribution in [0.1, 0.15) is 81.8 Å². The molecular weight excluding hydrogens is 365 g/mol. The van der Waals surface area contributed by atoms with E-state index >= 15 is 0 Å². The number of nitrogens with zero attached hydrogens (tertiary/aromatic N) is 1. The Morgan fingerprint density at radius 1 is 1.00 bits per heavy atom. The normalized spacial score (nSPS) is 11.4. The van der Waals surface area contributed by atoms with E-state index in [-0.39, 0.29) is 18.3 Å². The lowest BCUT2D eigenvalue weighted by molar-refractivity contribution is 0.145. The number of hydrogen-bond acceptors (Lipinski definition) is 3. The molecule has 0 aliphatic rings. The van der Waals surface area contributed by atoms with Crippen LogP contribution in [-0.4, -0.2) is 23.3 Å². The lowest BCUT2D eigenvalue weighted by Gasteiger charge is -2.23. The van der Waals surface area contributed by atoms with Crippen molar-refractivity contribution in [3.05, 3.63) is 52.6 Å². The number of aryl methyl sites for hydroxylation is 1. The van der Waals surface area contributed by atoms with E-state index in [1.807, 2.05) is 19.1 Å². The summed E-state index contributed by atoms with van der Waals surface area (Å²) in [4.78, 5) is 5.03. The van der Waals surface area contributed by atoms with Crippen molar-refractivity contribution in [1.29, 1.82) is 0 Å². The zero-order valence-electron chi connectivity index (χ0n) is 18.4. The number of aliphatic hydroxyl groups excluding tert-OH is 1. The lowest BCUT2D eigenvalue weighted by Crippen LogP contribution is -2.12. The third kappa shape index (κ3) is 6.35. The van der Waals surface area contributed by atoms with E-state index in [1.165, 1.54) is 17.7 Å². The van der Waals surface area contributed by atoms with Crippen LogP contribution < -0.4 is 0 Å². The molecule has 3 nitrogen and oxygen atoms in total. The van der Waals surface area contributed by atoms with Gasteiger partial charge in [0.1, 0.15) is 5.82 Å². The fourth-order valence-corrected chi connectivity index (χ4v) is 3.85. The number of halogens is 1. The fourth-order valence-electron chi connectivity index (χ4n) is 3.85. The van der Waals surface area contributed by atoms with Crippen molar-refractivity contribution < 1.29 is 14.2 Å². The van der Waals surface area contributed by atoms with Crippen molar-refractivity contribution >= 4 is 0 Å². The maximum Gasteiger partial charge on any atom is 0.123 e. The van der Waals surface area contributed by atoms with Crippen LogP contribution in [0, 0.1) is 5.82 Å². The zero-order chi connectivity index (χ0) is 21.2. The predicted octanol–water partition coefficient (Wildman–Crippen LogP) is 6.21. The molecule has 0 spiro atoms. The lowest BCUT2D eigenvalue weighted by atomic mass is 9.86. The van der Waals surface area contributed by atoms with Crippen LogP contribution in [-0.2, 0) is 24.2 Å². The van der Waals surface area contributed by atoms with Crippen LogP contribution in [0.25, 0.3) is 11.1 Å². The molecule has 0 radical (unpaired) electrons. The number of rotatable bonds is 12. The second-order valence-corrected chi connectivity index (χ2v) is 7.85. The Balaban J connectivity index is 2.61. The molecule has 4 heteroatoms. The van der Waals surface area contributed by atoms with Crippen LogP contribution in [0.5, 0.6) is 0 Å². The van der Waals surface area contributed by atoms with Crippen LogP contribution in [0.4, 0.5) is 4.39 Å². The Bertz CT molecular complexity index is 756. The molecular formula is C25H36FNO2. The fraction of sp³-hybridized carbons (Fsp3) is 0.560. The number of ether oxygens (including phenoxy) is 1. The van der Waals surface area contributed by atoms with Gasteiger partial charge in [-0.05, 0) is 67.3 Å². The Morgan fingerprint density at radius 2 is 1.72 bits per heavy atom. The van der Waals surface area contributed by atoms with Crippen molar-refractivity contribution in [2.24, 2.45) is 0 Å². The third-order valence-electron chi connectivity index (χ3n) is 5.29. The van der Waals surface area contributed by atoms with Crippen LogP contribution in [0.2, 0.25) is 0 Å². The van der Waals surface area contributed by atoms with E-state index in [4.69, 9.17) is 9.72 Å². The second kappa shape index (κ2) is 12.0. The summed E-state index contributed by atoms with van der Waals surface area (Å²) in [6.45, 7) is 9.80. The quantitative estimate of drug-likeness (QED) is 0.430. The number of benzene rings is 1. The second-order valence-electron chi connectivity index (χ2n) is 7.85. The number of unbranched alkanes of at least 4 members (excludes halogenated alkanes) is 2. The van der Waals surface area contributed by atoms with Crippen molar-refractivity contribution in [3.63, 3.8) is 0 Å². The van der Waals surface area contributed by atoms with Crippen LogP contribution in [0.15, 0.2) is 24.3 Å². The number of hydrogen-bond donors (Lipinski definition) is 1. The van der Waals surface area contributed by atoms with E-state index < -0.39 is 0 Å². The molecule has 2 aromatic rings. The van der Waals surface area contributed by atoms with Crippen molar-refractivity contribution in [2.75, 3.05) is 13.2 Å². The number of pyridine rings is 1. The van der Waals surface area contributed by atoms with Gasteiger partial charge in [-0.1, -0.05) is 45.7 Å². The van der Waals surface area contributed by atoms with E-state index in [1.54, 1.807) is 0 Å². The minimum Gasteiger partial charge on any atom is -0.392 e. The predicted molar refractivity (Wildman–Crippen MR) is 118 cm³/mol. The van der Waals surface area contributed by atoms with Gasteiger partial charge in [0, 0.05) is 30.2 Å². The summed E-state index contributed by atoms with van der Waals surface area (Å²) in [5, 5.41) is 10.3. The highest BCUT2D eigenvalue weighted by Gasteiger charge is 2.21. The highest BCUT2D eigenvalue weighted by Crippen LogP contribution is 2.35. The topological polar surface area (TPSA) is 42.4 Å². The molecule has 1 heterocycles. The molecule has 0 aliphatic heterocycles. The van der Waals surface area contributed by atoms with Gasteiger partial charge in [-0.3, -0.25) is 4.98 Å². The smallest absolute Gasteiger partial charge is 0.123 e. The van der Waals surface area contributed by atoms with E-state index in [0.717, 1.165) is 79.8 Å². The summed E-state index contributed by atoms with van der Waals surface area (Å²) in [5.74, 6) is -0.0476. The minimum absolute atomic E-state index is 0.0623. The summed E-state index contributed by atoms with van der Waals surface area (Å²) in [6, 6.07) is 6.63. The highest BCUT2D eigenvalue weighted by atomic mass is 19.1. The summed E-state index contributed by atoms with van der Waals surface area (Å²) in [5.41, 5.74) is 6.13. The Morgan fingerprint density at radius 3 is 2.31 bits per heavy atom. The maximum absolute atomic E-state index is 13.6. The molecule has 0 fully saturated rings. The van der Waals surface area contributed by atoms with Crippen molar-refractivity contribution in [1.82, 2.24) is 4.98 Å². The Hall–Kier alpha value is -1.78. The molecule has 0 atom stereocenters. The maximum atomic E-state index is 13.6. The average molecular weight is 402 g/mol. The van der Waals surface area contributed by atoms with Crippen molar-refractivity contribution in [2.45, 2.75) is 78.7 Å². The Kier molecular flexibility index (Phi) is 9.75. The molecule has 29 heavy (non-hydrogen) atoms. The summed E-state index contributed by atoms with van der Waals surface area (Å²) >= 11 is 0. The van der Waals surface area contributed by atoms with Gasteiger partial charge in [0.15, 0.2) is 0 Å². The van der Waals surface area contributed by atoms with Gasteiger partial charge in [-0.15, -0.1) is 0 Å². The Labute approximate surface area is 175 Å². The average Bonchev–Trinajstić information content (AvgIpc) is 2.71. The molecule has 0 aliphatic carbocycles. The molecule has 1 aromatic heterocycles. The molecule has 0 saturated heterocycles. The number of aliphatic hydroxyl groups is 1. The highest BCUT2D eigenvalue weighted by molar-refractivity contribution is 5.73. The number of aromatic nitrogens is 1. The SMILES string of the molecule is CCCCCc1c(CCCOCC)nc(C(C)C)c(CO)c1-c1ccc(F)cc1. The summed E-state index contributed by atoms with van der Waals surface area (Å²) < 4.78 is 19.1. The summed E-state index contributed by atoms with van der Waals surface area (Å²) in [6.07, 6.45) is 6.07. The van der Waals surface area contributed by atoms with Gasteiger partial charge < -0.3 is 9.84 Å². The zero-order valence-corrected chi connectivity index (χ0v) is 18.4. The molecule has 0 saturated carbocycles.